The second-order valence-corrected chi connectivity index (χ2v) is 8.00. The van der Waals surface area contributed by atoms with Crippen LogP contribution >= 0.6 is 0 Å². The van der Waals surface area contributed by atoms with Crippen LogP contribution in [0.2, 0.25) is 0 Å². The molecule has 4 nitrogen and oxygen atoms in total. The van der Waals surface area contributed by atoms with Gasteiger partial charge in [0.1, 0.15) is 0 Å². The highest BCUT2D eigenvalue weighted by molar-refractivity contribution is 4.74. The minimum Gasteiger partial charge on any atom is -0.375 e. The lowest BCUT2D eigenvalue weighted by molar-refractivity contribution is -0.0735. The van der Waals surface area contributed by atoms with E-state index in [0.717, 1.165) is 39.1 Å². The second kappa shape index (κ2) is 16.0. The molecule has 0 unspecified atom stereocenters. The first-order valence-corrected chi connectivity index (χ1v) is 10.1. The maximum Gasteiger partial charge on any atom is 0.0649 e. The number of rotatable bonds is 11. The van der Waals surface area contributed by atoms with Gasteiger partial charge in [-0.2, -0.15) is 0 Å². The highest BCUT2D eigenvalue weighted by Gasteiger charge is 2.22. The molecular weight excluding hydrogens is 312 g/mol. The van der Waals surface area contributed by atoms with Crippen molar-refractivity contribution in [3.8, 4) is 0 Å². The number of nitrogens with one attached hydrogen (secondary N) is 2. The van der Waals surface area contributed by atoms with Crippen LogP contribution in [0.15, 0.2) is 0 Å². The molecule has 0 radical (unpaired) electrons. The van der Waals surface area contributed by atoms with Gasteiger partial charge in [-0.05, 0) is 74.9 Å². The molecule has 0 fully saturated rings. The summed E-state index contributed by atoms with van der Waals surface area (Å²) >= 11 is 0. The fraction of sp³-hybridized carbons (Fsp3) is 1.00. The van der Waals surface area contributed by atoms with Gasteiger partial charge in [0, 0.05) is 12.1 Å². The first-order chi connectivity index (χ1) is 11.5. The first-order valence-electron chi connectivity index (χ1n) is 10.1. The fourth-order valence-corrected chi connectivity index (χ4v) is 1.90. The average Bonchev–Trinajstić information content (AvgIpc) is 2.52. The molecule has 0 bridgehead atoms. The van der Waals surface area contributed by atoms with Crippen LogP contribution in [-0.2, 0) is 9.47 Å². The SMILES string of the molecule is CC.CC.CNCCC(C)(C)OCCC(C)(C)OCCNC(C)(C)C. The summed E-state index contributed by atoms with van der Waals surface area (Å²) < 4.78 is 12.0. The predicted molar refractivity (Wildman–Crippen MR) is 114 cm³/mol. The molecule has 0 spiro atoms. The highest BCUT2D eigenvalue weighted by atomic mass is 16.5. The molecule has 0 aromatic carbocycles. The molecule has 0 aliphatic carbocycles. The molecule has 2 N–H and O–H groups in total. The van der Waals surface area contributed by atoms with Gasteiger partial charge in [0.25, 0.3) is 0 Å². The van der Waals surface area contributed by atoms with Crippen molar-refractivity contribution in [1.82, 2.24) is 10.6 Å². The van der Waals surface area contributed by atoms with E-state index < -0.39 is 0 Å². The third kappa shape index (κ3) is 23.8. The van der Waals surface area contributed by atoms with Gasteiger partial charge in [0.05, 0.1) is 24.4 Å². The zero-order valence-corrected chi connectivity index (χ0v) is 19.6. The van der Waals surface area contributed by atoms with Crippen molar-refractivity contribution in [2.24, 2.45) is 0 Å². The third-order valence-corrected chi connectivity index (χ3v) is 3.42. The normalized spacial score (nSPS) is 12.0. The predicted octanol–water partition coefficient (Wildman–Crippen LogP) is 5.02. The lowest BCUT2D eigenvalue weighted by Crippen LogP contribution is -2.40. The Morgan fingerprint density at radius 3 is 1.52 bits per heavy atom. The molecule has 0 heterocycles. The molecule has 0 aromatic rings. The summed E-state index contributed by atoms with van der Waals surface area (Å²) in [5.74, 6) is 0. The molecule has 25 heavy (non-hydrogen) atoms. The van der Waals surface area contributed by atoms with Crippen molar-refractivity contribution in [2.75, 3.05) is 33.4 Å². The van der Waals surface area contributed by atoms with Crippen molar-refractivity contribution >= 4 is 0 Å². The van der Waals surface area contributed by atoms with Gasteiger partial charge in [0.2, 0.25) is 0 Å². The summed E-state index contributed by atoms with van der Waals surface area (Å²) in [6, 6.07) is 0. The Morgan fingerprint density at radius 2 is 1.08 bits per heavy atom. The molecular formula is C21H50N2O2. The van der Waals surface area contributed by atoms with E-state index >= 15 is 0 Å². The Kier molecular flexibility index (Phi) is 19.0. The number of hydrogen-bond donors (Lipinski definition) is 2. The summed E-state index contributed by atoms with van der Waals surface area (Å²) in [7, 11) is 1.97. The van der Waals surface area contributed by atoms with Crippen LogP contribution in [0.3, 0.4) is 0 Å². The van der Waals surface area contributed by atoms with Crippen molar-refractivity contribution in [2.45, 2.75) is 106 Å². The van der Waals surface area contributed by atoms with Gasteiger partial charge in [-0.1, -0.05) is 27.7 Å². The van der Waals surface area contributed by atoms with E-state index in [1.165, 1.54) is 0 Å². The Labute approximate surface area is 159 Å². The summed E-state index contributed by atoms with van der Waals surface area (Å²) in [5, 5.41) is 6.60. The Hall–Kier alpha value is -0.160. The summed E-state index contributed by atoms with van der Waals surface area (Å²) in [4.78, 5) is 0. The molecule has 0 aromatic heterocycles. The van der Waals surface area contributed by atoms with Gasteiger partial charge >= 0.3 is 0 Å². The van der Waals surface area contributed by atoms with Crippen LogP contribution in [0.5, 0.6) is 0 Å². The van der Waals surface area contributed by atoms with Crippen LogP contribution in [0.1, 0.15) is 89.0 Å². The van der Waals surface area contributed by atoms with E-state index in [2.05, 4.69) is 59.1 Å². The lowest BCUT2D eigenvalue weighted by Gasteiger charge is -2.30. The van der Waals surface area contributed by atoms with Crippen LogP contribution in [-0.4, -0.2) is 50.1 Å². The van der Waals surface area contributed by atoms with Crippen LogP contribution in [0, 0.1) is 0 Å². The minimum atomic E-state index is -0.140. The summed E-state index contributed by atoms with van der Waals surface area (Å²) in [6.45, 7) is 26.4. The largest absolute Gasteiger partial charge is 0.375 e. The van der Waals surface area contributed by atoms with E-state index in [-0.39, 0.29) is 16.7 Å². The van der Waals surface area contributed by atoms with Crippen molar-refractivity contribution in [3.05, 3.63) is 0 Å². The van der Waals surface area contributed by atoms with E-state index in [1.807, 2.05) is 34.7 Å². The van der Waals surface area contributed by atoms with E-state index in [0.29, 0.717) is 0 Å². The molecule has 0 aliphatic rings. The molecule has 0 saturated heterocycles. The first kappa shape index (κ1) is 29.6. The molecule has 0 rings (SSSR count). The Morgan fingerprint density at radius 1 is 0.640 bits per heavy atom. The monoisotopic (exact) mass is 362 g/mol. The third-order valence-electron chi connectivity index (χ3n) is 3.42. The van der Waals surface area contributed by atoms with Gasteiger partial charge in [-0.25, -0.2) is 0 Å². The quantitative estimate of drug-likeness (QED) is 0.507. The van der Waals surface area contributed by atoms with E-state index in [9.17, 15) is 0 Å². The molecule has 0 aliphatic heterocycles. The maximum atomic E-state index is 5.99. The zero-order chi connectivity index (χ0) is 20.6. The summed E-state index contributed by atoms with van der Waals surface area (Å²) in [5.41, 5.74) is -0.0700. The standard InChI is InChI=1S/C17H38N2O2.2C2H6/c1-15(2,3)19-12-14-21-17(6,7)10-13-20-16(4,5)9-11-18-8;2*1-2/h18-19H,9-14H2,1-8H3;2*1-2H3. The lowest BCUT2D eigenvalue weighted by atomic mass is 10.0. The average molecular weight is 363 g/mol. The second-order valence-electron chi connectivity index (χ2n) is 8.00. The summed E-state index contributed by atoms with van der Waals surface area (Å²) in [6.07, 6.45) is 1.92. The van der Waals surface area contributed by atoms with Crippen molar-refractivity contribution in [1.29, 1.82) is 0 Å². The number of ether oxygens (including phenoxy) is 2. The molecule has 0 atom stereocenters. The Bertz CT molecular complexity index is 272. The Balaban J connectivity index is -0.00000112. The van der Waals surface area contributed by atoms with Crippen LogP contribution in [0.25, 0.3) is 0 Å². The smallest absolute Gasteiger partial charge is 0.0649 e. The topological polar surface area (TPSA) is 42.5 Å². The van der Waals surface area contributed by atoms with Gasteiger partial charge in [0.15, 0.2) is 0 Å². The molecule has 0 amide bonds. The highest BCUT2D eigenvalue weighted by Crippen LogP contribution is 2.19. The maximum absolute atomic E-state index is 5.99. The molecule has 0 saturated carbocycles. The zero-order valence-electron chi connectivity index (χ0n) is 19.6. The fourth-order valence-electron chi connectivity index (χ4n) is 1.90. The minimum absolute atomic E-state index is 0.0765. The van der Waals surface area contributed by atoms with E-state index in [4.69, 9.17) is 9.47 Å². The van der Waals surface area contributed by atoms with Gasteiger partial charge in [-0.15, -0.1) is 0 Å². The molecule has 4 heteroatoms. The van der Waals surface area contributed by atoms with Gasteiger partial charge < -0.3 is 20.1 Å². The van der Waals surface area contributed by atoms with Crippen LogP contribution < -0.4 is 10.6 Å². The van der Waals surface area contributed by atoms with Crippen molar-refractivity contribution < 1.29 is 9.47 Å². The molecule has 156 valence electrons. The van der Waals surface area contributed by atoms with E-state index in [1.54, 1.807) is 0 Å². The van der Waals surface area contributed by atoms with Crippen molar-refractivity contribution in [3.63, 3.8) is 0 Å². The number of hydrogen-bond acceptors (Lipinski definition) is 4. The van der Waals surface area contributed by atoms with Crippen LogP contribution in [0.4, 0.5) is 0 Å². The van der Waals surface area contributed by atoms with Gasteiger partial charge in [-0.3, -0.25) is 0 Å².